The minimum absolute atomic E-state index is 0.0446. The van der Waals surface area contributed by atoms with Crippen molar-refractivity contribution in [1.29, 1.82) is 5.26 Å². The number of carbonyl (C=O) groups is 1. The van der Waals surface area contributed by atoms with E-state index in [1.807, 2.05) is 66.7 Å². The highest BCUT2D eigenvalue weighted by Crippen LogP contribution is 2.23. The van der Waals surface area contributed by atoms with E-state index in [2.05, 4.69) is 10.6 Å². The summed E-state index contributed by atoms with van der Waals surface area (Å²) >= 11 is 6.07. The molecule has 0 atom stereocenters. The highest BCUT2D eigenvalue weighted by atomic mass is 35.5. The molecule has 0 bridgehead atoms. The van der Waals surface area contributed by atoms with Crippen LogP contribution in [0.25, 0.3) is 0 Å². The lowest BCUT2D eigenvalue weighted by molar-refractivity contribution is -0.112. The molecule has 0 saturated carbocycles. The summed E-state index contributed by atoms with van der Waals surface area (Å²) in [4.78, 5) is 12.5. The number of benzene rings is 3. The molecular formula is C23H18ClN3O. The van der Waals surface area contributed by atoms with Crippen molar-refractivity contribution in [3.8, 4) is 6.07 Å². The van der Waals surface area contributed by atoms with E-state index in [0.717, 1.165) is 11.1 Å². The van der Waals surface area contributed by atoms with Crippen LogP contribution in [0.2, 0.25) is 5.02 Å². The predicted octanol–water partition coefficient (Wildman–Crippen LogP) is 5.07. The Kier molecular flexibility index (Phi) is 6.46. The smallest absolute Gasteiger partial charge is 0.267 e. The van der Waals surface area contributed by atoms with Crippen LogP contribution in [0.3, 0.4) is 0 Å². The number of nitrogens with one attached hydrogen (secondary N) is 2. The molecule has 0 aliphatic rings. The van der Waals surface area contributed by atoms with Crippen LogP contribution in [0.5, 0.6) is 0 Å². The van der Waals surface area contributed by atoms with Gasteiger partial charge in [0.2, 0.25) is 0 Å². The fraction of sp³-hybridized carbons (Fsp3) is 0.0435. The standard InChI is InChI=1S/C23H18ClN3O/c24-20-13-7-8-14-21(20)27-23(28)19(15-25)16-26-22(17-9-3-1-4-10-17)18-11-5-2-6-12-18/h1-14,16,22,26H,(H,27,28)/b19-16-. The molecule has 0 saturated heterocycles. The fourth-order valence-corrected chi connectivity index (χ4v) is 2.93. The molecule has 3 rings (SSSR count). The number of rotatable bonds is 6. The van der Waals surface area contributed by atoms with Crippen molar-refractivity contribution < 1.29 is 4.79 Å². The zero-order chi connectivity index (χ0) is 19.8. The number of halogens is 1. The van der Waals surface area contributed by atoms with Gasteiger partial charge >= 0.3 is 0 Å². The van der Waals surface area contributed by atoms with Crippen molar-refractivity contribution in [3.05, 3.63) is 113 Å². The van der Waals surface area contributed by atoms with Crippen LogP contribution in [-0.2, 0) is 4.79 Å². The van der Waals surface area contributed by atoms with Crippen LogP contribution in [0.1, 0.15) is 17.2 Å². The first-order valence-corrected chi connectivity index (χ1v) is 9.09. The number of nitrogens with zero attached hydrogens (tertiary/aromatic N) is 1. The second-order valence-electron chi connectivity index (χ2n) is 6.02. The Balaban J connectivity index is 1.83. The summed E-state index contributed by atoms with van der Waals surface area (Å²) in [5.74, 6) is -0.525. The van der Waals surface area contributed by atoms with Crippen molar-refractivity contribution in [1.82, 2.24) is 5.32 Å². The molecule has 3 aromatic carbocycles. The summed E-state index contributed by atoms with van der Waals surface area (Å²) in [6.45, 7) is 0. The quantitative estimate of drug-likeness (QED) is 0.458. The summed E-state index contributed by atoms with van der Waals surface area (Å²) in [5.41, 5.74) is 2.46. The Morgan fingerprint density at radius 2 is 1.43 bits per heavy atom. The third kappa shape index (κ3) is 4.79. The molecule has 0 aliphatic carbocycles. The lowest BCUT2D eigenvalue weighted by atomic mass is 9.99. The van der Waals surface area contributed by atoms with Gasteiger partial charge < -0.3 is 10.6 Å². The van der Waals surface area contributed by atoms with E-state index in [9.17, 15) is 10.1 Å². The van der Waals surface area contributed by atoms with Crippen molar-refractivity contribution >= 4 is 23.2 Å². The number of amides is 1. The lowest BCUT2D eigenvalue weighted by Crippen LogP contribution is -2.21. The summed E-state index contributed by atoms with van der Waals surface area (Å²) in [6.07, 6.45) is 1.44. The summed E-state index contributed by atoms with van der Waals surface area (Å²) in [7, 11) is 0. The summed E-state index contributed by atoms with van der Waals surface area (Å²) < 4.78 is 0. The Labute approximate surface area is 169 Å². The molecule has 1 amide bonds. The number of nitriles is 1. The second kappa shape index (κ2) is 9.40. The van der Waals surface area contributed by atoms with Gasteiger partial charge in [-0.25, -0.2) is 0 Å². The number of hydrogen-bond acceptors (Lipinski definition) is 3. The van der Waals surface area contributed by atoms with Gasteiger partial charge in [0.1, 0.15) is 11.6 Å². The molecule has 0 heterocycles. The van der Waals surface area contributed by atoms with Gasteiger partial charge in [-0.1, -0.05) is 84.4 Å². The van der Waals surface area contributed by atoms with Crippen LogP contribution >= 0.6 is 11.6 Å². The molecule has 0 unspecified atom stereocenters. The maximum atomic E-state index is 12.5. The van der Waals surface area contributed by atoms with Crippen molar-refractivity contribution in [2.75, 3.05) is 5.32 Å². The van der Waals surface area contributed by atoms with Crippen molar-refractivity contribution in [2.24, 2.45) is 0 Å². The van der Waals surface area contributed by atoms with Gasteiger partial charge in [-0.2, -0.15) is 5.26 Å². The lowest BCUT2D eigenvalue weighted by Gasteiger charge is -2.19. The van der Waals surface area contributed by atoms with Gasteiger partial charge in [-0.15, -0.1) is 0 Å². The molecule has 0 spiro atoms. The SMILES string of the molecule is N#C/C(=C/NC(c1ccccc1)c1ccccc1)C(=O)Nc1ccccc1Cl. The van der Waals surface area contributed by atoms with Gasteiger partial charge in [0, 0.05) is 6.20 Å². The molecule has 0 aromatic heterocycles. The molecule has 3 aromatic rings. The summed E-state index contributed by atoms with van der Waals surface area (Å²) in [5, 5.41) is 15.7. The largest absolute Gasteiger partial charge is 0.379 e. The first-order valence-electron chi connectivity index (χ1n) is 8.71. The van der Waals surface area contributed by atoms with E-state index in [0.29, 0.717) is 10.7 Å². The van der Waals surface area contributed by atoms with E-state index in [1.54, 1.807) is 24.3 Å². The maximum absolute atomic E-state index is 12.5. The third-order valence-electron chi connectivity index (χ3n) is 4.15. The van der Waals surface area contributed by atoms with Gasteiger partial charge in [0.25, 0.3) is 5.91 Å². The zero-order valence-corrected chi connectivity index (χ0v) is 15.7. The minimum Gasteiger partial charge on any atom is -0.379 e. The van der Waals surface area contributed by atoms with Crippen molar-refractivity contribution in [2.45, 2.75) is 6.04 Å². The van der Waals surface area contributed by atoms with Gasteiger partial charge in [0.15, 0.2) is 0 Å². The molecule has 0 radical (unpaired) electrons. The third-order valence-corrected chi connectivity index (χ3v) is 4.48. The molecule has 138 valence electrons. The zero-order valence-electron chi connectivity index (χ0n) is 15.0. The number of anilines is 1. The molecule has 0 fully saturated rings. The number of carbonyl (C=O) groups excluding carboxylic acids is 1. The van der Waals surface area contributed by atoms with E-state index in [1.165, 1.54) is 6.20 Å². The summed E-state index contributed by atoms with van der Waals surface area (Å²) in [6, 6.07) is 28.3. The van der Waals surface area contributed by atoms with Crippen LogP contribution < -0.4 is 10.6 Å². The molecule has 5 heteroatoms. The van der Waals surface area contributed by atoms with Gasteiger partial charge in [-0.05, 0) is 23.3 Å². The molecule has 28 heavy (non-hydrogen) atoms. The van der Waals surface area contributed by atoms with Crippen LogP contribution in [0, 0.1) is 11.3 Å². The van der Waals surface area contributed by atoms with E-state index in [-0.39, 0.29) is 11.6 Å². The normalized spacial score (nSPS) is 11.0. The Morgan fingerprint density at radius 3 is 1.96 bits per heavy atom. The number of hydrogen-bond donors (Lipinski definition) is 2. The molecule has 2 N–H and O–H groups in total. The highest BCUT2D eigenvalue weighted by Gasteiger charge is 2.15. The molecule has 0 aliphatic heterocycles. The van der Waals surface area contributed by atoms with Crippen molar-refractivity contribution in [3.63, 3.8) is 0 Å². The van der Waals surface area contributed by atoms with Crippen LogP contribution in [0.4, 0.5) is 5.69 Å². The average Bonchev–Trinajstić information content (AvgIpc) is 2.74. The topological polar surface area (TPSA) is 64.9 Å². The van der Waals surface area contributed by atoms with Crippen LogP contribution in [0.15, 0.2) is 96.7 Å². The Hall–Kier alpha value is -3.55. The second-order valence-corrected chi connectivity index (χ2v) is 6.43. The monoisotopic (exact) mass is 387 g/mol. The van der Waals surface area contributed by atoms with E-state index < -0.39 is 5.91 Å². The number of para-hydroxylation sites is 1. The van der Waals surface area contributed by atoms with Gasteiger partial charge in [0.05, 0.1) is 16.8 Å². The molecular weight excluding hydrogens is 370 g/mol. The first-order chi connectivity index (χ1) is 13.7. The van der Waals surface area contributed by atoms with Gasteiger partial charge in [-0.3, -0.25) is 4.79 Å². The Bertz CT molecular complexity index is 971. The fourth-order valence-electron chi connectivity index (χ4n) is 2.74. The van der Waals surface area contributed by atoms with E-state index >= 15 is 0 Å². The van der Waals surface area contributed by atoms with E-state index in [4.69, 9.17) is 11.6 Å². The molecule has 4 nitrogen and oxygen atoms in total. The first kappa shape index (κ1) is 19.2. The predicted molar refractivity (Wildman–Crippen MR) is 112 cm³/mol. The van der Waals surface area contributed by atoms with Crippen LogP contribution in [-0.4, -0.2) is 5.91 Å². The highest BCUT2D eigenvalue weighted by molar-refractivity contribution is 6.33. The minimum atomic E-state index is -0.525. The maximum Gasteiger partial charge on any atom is 0.267 e. The average molecular weight is 388 g/mol. The Morgan fingerprint density at radius 1 is 0.893 bits per heavy atom.